The first kappa shape index (κ1) is 24.0. The summed E-state index contributed by atoms with van der Waals surface area (Å²) in [7, 11) is 1.25. The number of furan rings is 1. The van der Waals surface area contributed by atoms with Crippen LogP contribution in [0.15, 0.2) is 70.0 Å². The van der Waals surface area contributed by atoms with Crippen LogP contribution in [0.5, 0.6) is 0 Å². The number of amides is 2. The van der Waals surface area contributed by atoms with E-state index in [1.54, 1.807) is 12.1 Å². The van der Waals surface area contributed by atoms with Crippen LogP contribution in [0.25, 0.3) is 17.0 Å². The van der Waals surface area contributed by atoms with E-state index in [4.69, 9.17) is 16.0 Å². The summed E-state index contributed by atoms with van der Waals surface area (Å²) in [6.45, 7) is 2.48. The zero-order chi connectivity index (χ0) is 25.4. The fraction of sp³-hybridized carbons (Fsp3) is 0.148. The van der Waals surface area contributed by atoms with Gasteiger partial charge in [-0.25, -0.2) is 4.79 Å². The maximum Gasteiger partial charge on any atom is 0.373 e. The van der Waals surface area contributed by atoms with Gasteiger partial charge in [0.1, 0.15) is 5.76 Å². The van der Waals surface area contributed by atoms with Crippen LogP contribution in [0.1, 0.15) is 33.1 Å². The highest BCUT2D eigenvalue weighted by Gasteiger charge is 2.36. The van der Waals surface area contributed by atoms with Gasteiger partial charge in [-0.15, -0.1) is 0 Å². The summed E-state index contributed by atoms with van der Waals surface area (Å²) in [5, 5.41) is 1.26. The lowest BCUT2D eigenvalue weighted by Gasteiger charge is -2.10. The molecule has 7 nitrogen and oxygen atoms in total. The maximum absolute atomic E-state index is 13.2. The van der Waals surface area contributed by atoms with Gasteiger partial charge in [0, 0.05) is 33.7 Å². The Morgan fingerprint density at radius 3 is 2.58 bits per heavy atom. The highest BCUT2D eigenvalue weighted by molar-refractivity contribution is 8.18. The predicted octanol–water partition coefficient (Wildman–Crippen LogP) is 6.27. The molecule has 0 N–H and O–H groups in total. The molecule has 0 aliphatic carbocycles. The number of aromatic nitrogens is 1. The second-order valence-corrected chi connectivity index (χ2v) is 9.62. The van der Waals surface area contributed by atoms with Gasteiger partial charge in [-0.05, 0) is 54.6 Å². The molecule has 2 aromatic heterocycles. The number of methoxy groups -OCH3 is 1. The summed E-state index contributed by atoms with van der Waals surface area (Å²) in [4.78, 5) is 38.9. The number of carbonyl (C=O) groups is 3. The highest BCUT2D eigenvalue weighted by Crippen LogP contribution is 2.37. The third-order valence-electron chi connectivity index (χ3n) is 6.08. The van der Waals surface area contributed by atoms with Gasteiger partial charge in [-0.2, -0.15) is 0 Å². The van der Waals surface area contributed by atoms with Crippen LogP contribution in [0.4, 0.5) is 4.79 Å². The van der Waals surface area contributed by atoms with Crippen molar-refractivity contribution in [2.75, 3.05) is 7.11 Å². The highest BCUT2D eigenvalue weighted by atomic mass is 35.5. The number of nitrogens with zero attached hydrogens (tertiary/aromatic N) is 2. The van der Waals surface area contributed by atoms with Crippen molar-refractivity contribution in [2.45, 2.75) is 20.0 Å². The second-order valence-electron chi connectivity index (χ2n) is 8.22. The molecule has 5 rings (SSSR count). The first-order chi connectivity index (χ1) is 17.4. The number of rotatable bonds is 6. The monoisotopic (exact) mass is 520 g/mol. The smallest absolute Gasteiger partial charge is 0.373 e. The zero-order valence-electron chi connectivity index (χ0n) is 19.5. The van der Waals surface area contributed by atoms with Gasteiger partial charge in [-0.3, -0.25) is 14.5 Å². The summed E-state index contributed by atoms with van der Waals surface area (Å²) in [5.41, 5.74) is 3.82. The van der Waals surface area contributed by atoms with E-state index in [9.17, 15) is 14.4 Å². The van der Waals surface area contributed by atoms with E-state index < -0.39 is 17.1 Å². The topological polar surface area (TPSA) is 81.8 Å². The van der Waals surface area contributed by atoms with Crippen molar-refractivity contribution in [1.82, 2.24) is 9.47 Å². The molecule has 2 aromatic carbocycles. The Kier molecular flexibility index (Phi) is 6.47. The van der Waals surface area contributed by atoms with Gasteiger partial charge in [0.2, 0.25) is 5.76 Å². The molecule has 4 aromatic rings. The molecule has 1 fully saturated rings. The van der Waals surface area contributed by atoms with Crippen LogP contribution < -0.4 is 0 Å². The molecule has 0 saturated carbocycles. The number of benzene rings is 2. The van der Waals surface area contributed by atoms with Gasteiger partial charge >= 0.3 is 5.97 Å². The SMILES string of the molecule is COC(=O)c1ccc(CN2C(=O)S/C(=C/c3c(C)n(Cc4ccccc4Cl)c4ccccc34)C2=O)o1. The van der Waals surface area contributed by atoms with Gasteiger partial charge in [-0.1, -0.05) is 48.0 Å². The van der Waals surface area contributed by atoms with Crippen molar-refractivity contribution in [2.24, 2.45) is 0 Å². The van der Waals surface area contributed by atoms with Crippen molar-refractivity contribution in [3.05, 3.63) is 98.9 Å². The minimum Gasteiger partial charge on any atom is -0.463 e. The van der Waals surface area contributed by atoms with E-state index in [1.165, 1.54) is 13.2 Å². The molecule has 0 radical (unpaired) electrons. The van der Waals surface area contributed by atoms with Crippen LogP contribution >= 0.6 is 23.4 Å². The fourth-order valence-electron chi connectivity index (χ4n) is 4.24. The maximum atomic E-state index is 13.2. The molecule has 36 heavy (non-hydrogen) atoms. The Hall–Kier alpha value is -3.75. The van der Waals surface area contributed by atoms with Crippen LogP contribution in [0, 0.1) is 6.92 Å². The summed E-state index contributed by atoms with van der Waals surface area (Å²) >= 11 is 7.30. The molecule has 1 saturated heterocycles. The number of esters is 1. The minimum absolute atomic E-state index is 0.0111. The Labute approximate surface area is 216 Å². The fourth-order valence-corrected chi connectivity index (χ4v) is 5.25. The lowest BCUT2D eigenvalue weighted by atomic mass is 10.1. The van der Waals surface area contributed by atoms with Crippen molar-refractivity contribution in [1.29, 1.82) is 0 Å². The number of thioether (sulfide) groups is 1. The normalized spacial score (nSPS) is 14.9. The molecular weight excluding hydrogens is 500 g/mol. The van der Waals surface area contributed by atoms with Gasteiger partial charge < -0.3 is 13.7 Å². The predicted molar refractivity (Wildman–Crippen MR) is 139 cm³/mol. The van der Waals surface area contributed by atoms with E-state index in [2.05, 4.69) is 9.30 Å². The lowest BCUT2D eigenvalue weighted by Crippen LogP contribution is -2.27. The van der Waals surface area contributed by atoms with Crippen LogP contribution in [0.3, 0.4) is 0 Å². The Bertz CT molecular complexity index is 1550. The van der Waals surface area contributed by atoms with E-state index in [0.29, 0.717) is 22.2 Å². The summed E-state index contributed by atoms with van der Waals surface area (Å²) in [5.74, 6) is -0.717. The van der Waals surface area contributed by atoms with Gasteiger partial charge in [0.15, 0.2) is 0 Å². The number of para-hydroxylation sites is 1. The van der Waals surface area contributed by atoms with Crippen LogP contribution in [-0.4, -0.2) is 33.7 Å². The van der Waals surface area contributed by atoms with E-state index in [-0.39, 0.29) is 12.3 Å². The van der Waals surface area contributed by atoms with Crippen molar-refractivity contribution in [3.63, 3.8) is 0 Å². The average Bonchev–Trinajstić information content (AvgIpc) is 3.53. The lowest BCUT2D eigenvalue weighted by molar-refractivity contribution is -0.123. The molecule has 3 heterocycles. The van der Waals surface area contributed by atoms with Crippen molar-refractivity contribution < 1.29 is 23.5 Å². The first-order valence-corrected chi connectivity index (χ1v) is 12.3. The quantitative estimate of drug-likeness (QED) is 0.220. The molecule has 1 aliphatic heterocycles. The molecule has 2 amide bonds. The second kappa shape index (κ2) is 9.72. The summed E-state index contributed by atoms with van der Waals surface area (Å²) in [6, 6.07) is 18.6. The molecule has 0 bridgehead atoms. The van der Waals surface area contributed by atoms with Gasteiger partial charge in [0.25, 0.3) is 11.1 Å². The molecule has 1 aliphatic rings. The number of fused-ring (bicyclic) bond motifs is 1. The average molecular weight is 521 g/mol. The molecule has 9 heteroatoms. The van der Waals surface area contributed by atoms with Crippen LogP contribution in [0.2, 0.25) is 5.02 Å². The molecule has 0 unspecified atom stereocenters. The first-order valence-electron chi connectivity index (χ1n) is 11.1. The van der Waals surface area contributed by atoms with Crippen LogP contribution in [-0.2, 0) is 22.6 Å². The third-order valence-corrected chi connectivity index (χ3v) is 7.35. The van der Waals surface area contributed by atoms with Crippen molar-refractivity contribution in [3.8, 4) is 0 Å². The molecule has 0 spiro atoms. The van der Waals surface area contributed by atoms with Crippen molar-refractivity contribution >= 4 is 57.5 Å². The Balaban J connectivity index is 1.47. The number of carbonyl (C=O) groups excluding carboxylic acids is 3. The number of halogens is 1. The third kappa shape index (κ3) is 4.34. The number of imide groups is 1. The standard InChI is InChI=1S/C27H21ClN2O5S/c1-16-20(19-8-4-6-10-22(19)29(16)14-17-7-3-5-9-21(17)28)13-24-25(31)30(27(33)36-24)15-18-11-12-23(35-18)26(32)34-2/h3-13H,14-15H2,1-2H3/b24-13+. The number of ether oxygens (including phenoxy) is 1. The largest absolute Gasteiger partial charge is 0.463 e. The van der Waals surface area contributed by atoms with E-state index in [0.717, 1.165) is 44.4 Å². The minimum atomic E-state index is -0.626. The molecule has 182 valence electrons. The Morgan fingerprint density at radius 1 is 1.06 bits per heavy atom. The van der Waals surface area contributed by atoms with E-state index in [1.807, 2.05) is 55.5 Å². The molecule has 0 atom stereocenters. The Morgan fingerprint density at radius 2 is 1.81 bits per heavy atom. The number of hydrogen-bond acceptors (Lipinski definition) is 6. The summed E-state index contributed by atoms with van der Waals surface area (Å²) < 4.78 is 12.2. The summed E-state index contributed by atoms with van der Waals surface area (Å²) in [6.07, 6.45) is 1.77. The number of hydrogen-bond donors (Lipinski definition) is 0. The van der Waals surface area contributed by atoms with E-state index >= 15 is 0 Å². The zero-order valence-corrected chi connectivity index (χ0v) is 21.1. The molecular formula is C27H21ClN2O5S. The van der Waals surface area contributed by atoms with Gasteiger partial charge in [0.05, 0.1) is 18.6 Å².